The molecule has 0 amide bonds. The van der Waals surface area contributed by atoms with E-state index < -0.39 is 0 Å². The van der Waals surface area contributed by atoms with Gasteiger partial charge in [0.15, 0.2) is 0 Å². The number of ether oxygens (including phenoxy) is 4. The quantitative estimate of drug-likeness (QED) is 0.823. The van der Waals surface area contributed by atoms with E-state index in [-0.39, 0.29) is 17.8 Å². The van der Waals surface area contributed by atoms with Gasteiger partial charge in [-0.05, 0) is 0 Å². The number of hydrogen-bond donors (Lipinski definition) is 1. The zero-order valence-electron chi connectivity index (χ0n) is 12.8. The molecule has 6 heteroatoms. The summed E-state index contributed by atoms with van der Waals surface area (Å²) in [6, 6.07) is 3.59. The van der Waals surface area contributed by atoms with Crippen molar-refractivity contribution in [3.8, 4) is 17.2 Å². The fraction of sp³-hybridized carbons (Fsp3) is 0.533. The molecule has 0 bridgehead atoms. The average molecular weight is 295 g/mol. The molecular formula is C15H21NO5. The summed E-state index contributed by atoms with van der Waals surface area (Å²) in [4.78, 5) is 12.0. The molecule has 0 aliphatic carbocycles. The van der Waals surface area contributed by atoms with Crippen LogP contribution in [0.1, 0.15) is 11.5 Å². The first kappa shape index (κ1) is 15.4. The fourth-order valence-electron chi connectivity index (χ4n) is 2.78. The molecule has 0 aromatic heterocycles. The first-order valence-corrected chi connectivity index (χ1v) is 6.74. The lowest BCUT2D eigenvalue weighted by atomic mass is 9.87. The standard InChI is InChI=1S/C15H21NO5/c1-18-9-5-12(19-2)14(13(6-9)20-3)10-7-16-8-11(10)15(17)21-4/h5-6,10-11,16H,7-8H2,1-4H3. The molecule has 1 aliphatic heterocycles. The van der Waals surface area contributed by atoms with E-state index in [0.29, 0.717) is 30.3 Å². The third-order valence-electron chi connectivity index (χ3n) is 3.84. The minimum atomic E-state index is -0.258. The zero-order chi connectivity index (χ0) is 15.4. The lowest BCUT2D eigenvalue weighted by molar-refractivity contribution is -0.145. The molecule has 1 aromatic carbocycles. The van der Waals surface area contributed by atoms with E-state index in [1.54, 1.807) is 33.5 Å². The van der Waals surface area contributed by atoms with Crippen molar-refractivity contribution in [1.82, 2.24) is 5.32 Å². The van der Waals surface area contributed by atoms with Crippen LogP contribution in [0.25, 0.3) is 0 Å². The molecule has 6 nitrogen and oxygen atoms in total. The Hall–Kier alpha value is -1.95. The van der Waals surface area contributed by atoms with Crippen LogP contribution in [0.15, 0.2) is 12.1 Å². The van der Waals surface area contributed by atoms with Gasteiger partial charge in [-0.15, -0.1) is 0 Å². The second-order valence-electron chi connectivity index (χ2n) is 4.84. The van der Waals surface area contributed by atoms with Crippen LogP contribution < -0.4 is 19.5 Å². The van der Waals surface area contributed by atoms with Gasteiger partial charge in [-0.1, -0.05) is 0 Å². The summed E-state index contributed by atoms with van der Waals surface area (Å²) >= 11 is 0. The Labute approximate surface area is 124 Å². The summed E-state index contributed by atoms with van der Waals surface area (Å²) in [5, 5.41) is 3.22. The Bertz CT molecular complexity index is 492. The molecule has 1 N–H and O–H groups in total. The molecule has 1 saturated heterocycles. The van der Waals surface area contributed by atoms with Crippen molar-refractivity contribution in [1.29, 1.82) is 0 Å². The van der Waals surface area contributed by atoms with E-state index in [0.717, 1.165) is 5.56 Å². The second-order valence-corrected chi connectivity index (χ2v) is 4.84. The Kier molecular flexibility index (Phi) is 4.90. The summed E-state index contributed by atoms with van der Waals surface area (Å²) in [7, 11) is 6.17. The Morgan fingerprint density at radius 1 is 1.05 bits per heavy atom. The highest BCUT2D eigenvalue weighted by Gasteiger charge is 2.38. The largest absolute Gasteiger partial charge is 0.496 e. The highest BCUT2D eigenvalue weighted by Crippen LogP contribution is 2.43. The van der Waals surface area contributed by atoms with E-state index >= 15 is 0 Å². The first-order valence-electron chi connectivity index (χ1n) is 6.74. The van der Waals surface area contributed by atoms with E-state index in [2.05, 4.69) is 5.32 Å². The molecular weight excluding hydrogens is 274 g/mol. The van der Waals surface area contributed by atoms with E-state index in [4.69, 9.17) is 18.9 Å². The van der Waals surface area contributed by atoms with Crippen LogP contribution in [0.5, 0.6) is 17.2 Å². The number of rotatable bonds is 5. The van der Waals surface area contributed by atoms with Gasteiger partial charge in [0.25, 0.3) is 0 Å². The number of nitrogens with one attached hydrogen (secondary N) is 1. The van der Waals surface area contributed by atoms with Gasteiger partial charge in [0, 0.05) is 36.7 Å². The molecule has 2 unspecified atom stereocenters. The summed E-state index contributed by atoms with van der Waals surface area (Å²) < 4.78 is 21.1. The van der Waals surface area contributed by atoms with Gasteiger partial charge >= 0.3 is 5.97 Å². The van der Waals surface area contributed by atoms with Crippen LogP contribution in [0.2, 0.25) is 0 Å². The molecule has 21 heavy (non-hydrogen) atoms. The summed E-state index contributed by atoms with van der Waals surface area (Å²) in [6.07, 6.45) is 0. The number of carbonyl (C=O) groups is 1. The van der Waals surface area contributed by atoms with Crippen molar-refractivity contribution in [3.63, 3.8) is 0 Å². The molecule has 0 radical (unpaired) electrons. The Morgan fingerprint density at radius 2 is 1.67 bits per heavy atom. The maximum absolute atomic E-state index is 12.0. The van der Waals surface area contributed by atoms with E-state index in [1.807, 2.05) is 0 Å². The average Bonchev–Trinajstić information content (AvgIpc) is 3.01. The van der Waals surface area contributed by atoms with Gasteiger partial charge in [-0.2, -0.15) is 0 Å². The maximum atomic E-state index is 12.0. The van der Waals surface area contributed by atoms with Gasteiger partial charge in [0.2, 0.25) is 0 Å². The van der Waals surface area contributed by atoms with Gasteiger partial charge in [-0.25, -0.2) is 0 Å². The Balaban J connectivity index is 2.48. The van der Waals surface area contributed by atoms with Crippen molar-refractivity contribution in [2.24, 2.45) is 5.92 Å². The monoisotopic (exact) mass is 295 g/mol. The lowest BCUT2D eigenvalue weighted by Gasteiger charge is -2.22. The highest BCUT2D eigenvalue weighted by molar-refractivity contribution is 5.75. The molecule has 1 heterocycles. The van der Waals surface area contributed by atoms with Crippen LogP contribution in [-0.4, -0.2) is 47.5 Å². The van der Waals surface area contributed by atoms with Crippen LogP contribution in [0.4, 0.5) is 0 Å². The number of esters is 1. The summed E-state index contributed by atoms with van der Waals surface area (Å²) in [5.41, 5.74) is 0.862. The summed E-state index contributed by atoms with van der Waals surface area (Å²) in [6.45, 7) is 1.24. The van der Waals surface area contributed by atoms with Crippen molar-refractivity contribution in [2.75, 3.05) is 41.5 Å². The second kappa shape index (κ2) is 6.67. The molecule has 0 saturated carbocycles. The Morgan fingerprint density at radius 3 is 2.14 bits per heavy atom. The lowest BCUT2D eigenvalue weighted by Crippen LogP contribution is -2.23. The number of benzene rings is 1. The van der Waals surface area contributed by atoms with Crippen LogP contribution in [0.3, 0.4) is 0 Å². The van der Waals surface area contributed by atoms with E-state index in [1.165, 1.54) is 7.11 Å². The smallest absolute Gasteiger partial charge is 0.310 e. The van der Waals surface area contributed by atoms with Crippen LogP contribution in [0, 0.1) is 5.92 Å². The minimum absolute atomic E-state index is 0.0618. The first-order chi connectivity index (χ1) is 10.2. The van der Waals surface area contributed by atoms with Crippen molar-refractivity contribution < 1.29 is 23.7 Å². The normalized spacial score (nSPS) is 21.0. The molecule has 116 valence electrons. The molecule has 1 aliphatic rings. The maximum Gasteiger partial charge on any atom is 0.310 e. The third kappa shape index (κ3) is 2.90. The molecule has 1 fully saturated rings. The van der Waals surface area contributed by atoms with Gasteiger partial charge < -0.3 is 24.3 Å². The van der Waals surface area contributed by atoms with Crippen LogP contribution in [-0.2, 0) is 9.53 Å². The number of hydrogen-bond acceptors (Lipinski definition) is 6. The summed E-state index contributed by atoms with van der Waals surface area (Å²) in [5.74, 6) is 1.39. The predicted molar refractivity (Wildman–Crippen MR) is 77.2 cm³/mol. The van der Waals surface area contributed by atoms with Gasteiger partial charge in [0.1, 0.15) is 17.2 Å². The van der Waals surface area contributed by atoms with Gasteiger partial charge in [-0.3, -0.25) is 4.79 Å². The highest BCUT2D eigenvalue weighted by atomic mass is 16.5. The number of methoxy groups -OCH3 is 4. The predicted octanol–water partition coefficient (Wildman–Crippen LogP) is 1.19. The molecule has 2 rings (SSSR count). The topological polar surface area (TPSA) is 66.0 Å². The third-order valence-corrected chi connectivity index (χ3v) is 3.84. The van der Waals surface area contributed by atoms with E-state index in [9.17, 15) is 4.79 Å². The van der Waals surface area contributed by atoms with Crippen molar-refractivity contribution >= 4 is 5.97 Å². The zero-order valence-corrected chi connectivity index (χ0v) is 12.8. The molecule has 1 aromatic rings. The fourth-order valence-corrected chi connectivity index (χ4v) is 2.78. The van der Waals surface area contributed by atoms with Crippen molar-refractivity contribution in [3.05, 3.63) is 17.7 Å². The number of carbonyl (C=O) groups excluding carboxylic acids is 1. The van der Waals surface area contributed by atoms with Crippen molar-refractivity contribution in [2.45, 2.75) is 5.92 Å². The van der Waals surface area contributed by atoms with Crippen LogP contribution >= 0.6 is 0 Å². The minimum Gasteiger partial charge on any atom is -0.496 e. The SMILES string of the molecule is COC(=O)C1CNCC1c1c(OC)cc(OC)cc1OC. The molecule has 0 spiro atoms. The van der Waals surface area contributed by atoms with Gasteiger partial charge in [0.05, 0.1) is 34.4 Å². The molecule has 2 atom stereocenters.